The Morgan fingerprint density at radius 1 is 1.30 bits per heavy atom. The SMILES string of the molecule is CC(NS(=O)(=O)c1ccc(N)nc1)c1cccc(F)c1. The number of benzene rings is 1. The highest BCUT2D eigenvalue weighted by Crippen LogP contribution is 2.17. The lowest BCUT2D eigenvalue weighted by Gasteiger charge is -2.14. The molecule has 20 heavy (non-hydrogen) atoms. The molecule has 0 fully saturated rings. The molecule has 0 aliphatic carbocycles. The fraction of sp³-hybridized carbons (Fsp3) is 0.154. The van der Waals surface area contributed by atoms with Gasteiger partial charge < -0.3 is 5.73 Å². The van der Waals surface area contributed by atoms with Crippen LogP contribution < -0.4 is 10.5 Å². The minimum atomic E-state index is -3.73. The Kier molecular flexibility index (Phi) is 4.01. The third-order valence-electron chi connectivity index (χ3n) is 2.75. The number of nitrogens with two attached hydrogens (primary N) is 1. The Hall–Kier alpha value is -1.99. The van der Waals surface area contributed by atoms with Crippen LogP contribution in [0.2, 0.25) is 0 Å². The van der Waals surface area contributed by atoms with Crippen molar-refractivity contribution in [2.75, 3.05) is 5.73 Å². The number of halogens is 1. The highest BCUT2D eigenvalue weighted by Gasteiger charge is 2.18. The smallest absolute Gasteiger partial charge is 0.242 e. The van der Waals surface area contributed by atoms with E-state index in [4.69, 9.17) is 5.73 Å². The molecular weight excluding hydrogens is 281 g/mol. The Bertz CT molecular complexity index is 702. The zero-order valence-corrected chi connectivity index (χ0v) is 11.6. The van der Waals surface area contributed by atoms with Crippen LogP contribution in [-0.2, 0) is 10.0 Å². The number of nitrogens with one attached hydrogen (secondary N) is 1. The molecule has 1 unspecified atom stereocenters. The molecule has 0 radical (unpaired) electrons. The number of hydrogen-bond acceptors (Lipinski definition) is 4. The van der Waals surface area contributed by atoms with Crippen molar-refractivity contribution < 1.29 is 12.8 Å². The highest BCUT2D eigenvalue weighted by atomic mass is 32.2. The molecule has 5 nitrogen and oxygen atoms in total. The Morgan fingerprint density at radius 3 is 2.65 bits per heavy atom. The second-order valence-corrected chi connectivity index (χ2v) is 6.03. The quantitative estimate of drug-likeness (QED) is 0.901. The summed E-state index contributed by atoms with van der Waals surface area (Å²) in [6, 6.07) is 7.97. The van der Waals surface area contributed by atoms with E-state index in [0.29, 0.717) is 5.56 Å². The fourth-order valence-electron chi connectivity index (χ4n) is 1.70. The number of sulfonamides is 1. The van der Waals surface area contributed by atoms with Crippen molar-refractivity contribution in [3.05, 3.63) is 54.0 Å². The summed E-state index contributed by atoms with van der Waals surface area (Å²) in [5, 5.41) is 0. The molecule has 3 N–H and O–H groups in total. The lowest BCUT2D eigenvalue weighted by molar-refractivity contribution is 0.564. The molecule has 0 bridgehead atoms. The first kappa shape index (κ1) is 14.4. The highest BCUT2D eigenvalue weighted by molar-refractivity contribution is 7.89. The fourth-order valence-corrected chi connectivity index (χ4v) is 2.87. The lowest BCUT2D eigenvalue weighted by atomic mass is 10.1. The van der Waals surface area contributed by atoms with Crippen molar-refractivity contribution in [3.8, 4) is 0 Å². The minimum Gasteiger partial charge on any atom is -0.384 e. The van der Waals surface area contributed by atoms with Crippen molar-refractivity contribution in [1.29, 1.82) is 0 Å². The number of hydrogen-bond donors (Lipinski definition) is 2. The normalized spacial score (nSPS) is 13.1. The number of anilines is 1. The standard InChI is InChI=1S/C13H14FN3O2S/c1-9(10-3-2-4-11(14)7-10)17-20(18,19)12-5-6-13(15)16-8-12/h2-9,17H,1H3,(H2,15,16). The van der Waals surface area contributed by atoms with Crippen molar-refractivity contribution in [3.63, 3.8) is 0 Å². The number of nitrogens with zero attached hydrogens (tertiary/aromatic N) is 1. The molecule has 0 amide bonds. The maximum atomic E-state index is 13.1. The topological polar surface area (TPSA) is 85.1 Å². The van der Waals surface area contributed by atoms with Gasteiger partial charge in [0.1, 0.15) is 16.5 Å². The zero-order valence-electron chi connectivity index (χ0n) is 10.7. The molecular formula is C13H14FN3O2S. The third-order valence-corrected chi connectivity index (χ3v) is 4.28. The molecule has 2 rings (SSSR count). The summed E-state index contributed by atoms with van der Waals surface area (Å²) in [4.78, 5) is 3.75. The van der Waals surface area contributed by atoms with Crippen LogP contribution in [-0.4, -0.2) is 13.4 Å². The molecule has 2 aromatic rings. The Labute approximate surface area is 116 Å². The first-order chi connectivity index (χ1) is 9.38. The zero-order chi connectivity index (χ0) is 14.8. The van der Waals surface area contributed by atoms with Crippen LogP contribution in [0.4, 0.5) is 10.2 Å². The summed E-state index contributed by atoms with van der Waals surface area (Å²) in [5.41, 5.74) is 5.95. The van der Waals surface area contributed by atoms with Crippen LogP contribution in [0.5, 0.6) is 0 Å². The molecule has 0 saturated carbocycles. The number of aromatic nitrogens is 1. The van der Waals surface area contributed by atoms with Crippen LogP contribution in [0.25, 0.3) is 0 Å². The van der Waals surface area contributed by atoms with E-state index in [1.54, 1.807) is 13.0 Å². The first-order valence-corrected chi connectivity index (χ1v) is 7.36. The van der Waals surface area contributed by atoms with Gasteiger partial charge in [-0.2, -0.15) is 0 Å². The van der Waals surface area contributed by atoms with E-state index in [1.807, 2.05) is 0 Å². The molecule has 0 spiro atoms. The van der Waals surface area contributed by atoms with Gasteiger partial charge in [-0.3, -0.25) is 0 Å². The van der Waals surface area contributed by atoms with Crippen molar-refractivity contribution in [2.24, 2.45) is 0 Å². The van der Waals surface area contributed by atoms with Gasteiger partial charge in [-0.05, 0) is 36.8 Å². The summed E-state index contributed by atoms with van der Waals surface area (Å²) < 4.78 is 39.8. The molecule has 0 aliphatic rings. The molecule has 1 atom stereocenters. The van der Waals surface area contributed by atoms with Gasteiger partial charge in [-0.15, -0.1) is 0 Å². The molecule has 0 aliphatic heterocycles. The van der Waals surface area contributed by atoms with E-state index >= 15 is 0 Å². The average molecular weight is 295 g/mol. The maximum Gasteiger partial charge on any atom is 0.242 e. The average Bonchev–Trinajstić information content (AvgIpc) is 2.38. The lowest BCUT2D eigenvalue weighted by Crippen LogP contribution is -2.27. The number of nitrogen functional groups attached to an aromatic ring is 1. The van der Waals surface area contributed by atoms with Crippen LogP contribution in [0.15, 0.2) is 47.5 Å². The van der Waals surface area contributed by atoms with E-state index in [-0.39, 0.29) is 10.7 Å². The van der Waals surface area contributed by atoms with Crippen molar-refractivity contribution >= 4 is 15.8 Å². The molecule has 0 saturated heterocycles. The van der Waals surface area contributed by atoms with E-state index in [9.17, 15) is 12.8 Å². The van der Waals surface area contributed by atoms with Gasteiger partial charge in [0.2, 0.25) is 10.0 Å². The monoisotopic (exact) mass is 295 g/mol. The van der Waals surface area contributed by atoms with E-state index in [2.05, 4.69) is 9.71 Å². The Balaban J connectivity index is 2.22. The van der Waals surface area contributed by atoms with E-state index in [1.165, 1.54) is 36.5 Å². The maximum absolute atomic E-state index is 13.1. The van der Waals surface area contributed by atoms with Crippen molar-refractivity contribution in [1.82, 2.24) is 9.71 Å². The van der Waals surface area contributed by atoms with E-state index < -0.39 is 21.9 Å². The number of rotatable bonds is 4. The van der Waals surface area contributed by atoms with Gasteiger partial charge >= 0.3 is 0 Å². The van der Waals surface area contributed by atoms with Gasteiger partial charge in [0.05, 0.1) is 0 Å². The van der Waals surface area contributed by atoms with Gasteiger partial charge in [-0.1, -0.05) is 12.1 Å². The van der Waals surface area contributed by atoms with Gasteiger partial charge in [0.15, 0.2) is 0 Å². The molecule has 1 aromatic heterocycles. The minimum absolute atomic E-state index is 0.00922. The van der Waals surface area contributed by atoms with Crippen molar-refractivity contribution in [2.45, 2.75) is 17.9 Å². The Morgan fingerprint density at radius 2 is 2.05 bits per heavy atom. The predicted octanol–water partition coefficient (Wildman–Crippen LogP) is 1.84. The second kappa shape index (κ2) is 5.56. The second-order valence-electron chi connectivity index (χ2n) is 4.32. The summed E-state index contributed by atoms with van der Waals surface area (Å²) in [7, 11) is -3.73. The summed E-state index contributed by atoms with van der Waals surface area (Å²) in [5.74, 6) is -0.176. The van der Waals surface area contributed by atoms with Crippen LogP contribution in [0.1, 0.15) is 18.5 Å². The molecule has 1 heterocycles. The predicted molar refractivity (Wildman–Crippen MR) is 73.8 cm³/mol. The van der Waals surface area contributed by atoms with Crippen LogP contribution >= 0.6 is 0 Å². The van der Waals surface area contributed by atoms with E-state index in [0.717, 1.165) is 0 Å². The molecule has 1 aromatic carbocycles. The van der Waals surface area contributed by atoms with Crippen LogP contribution in [0.3, 0.4) is 0 Å². The number of pyridine rings is 1. The molecule has 106 valence electrons. The third kappa shape index (κ3) is 3.31. The summed E-state index contributed by atoms with van der Waals surface area (Å²) in [6.07, 6.45) is 1.18. The van der Waals surface area contributed by atoms with Gasteiger partial charge in [0, 0.05) is 12.2 Å². The van der Waals surface area contributed by atoms with Gasteiger partial charge in [-0.25, -0.2) is 22.5 Å². The molecule has 7 heteroatoms. The van der Waals surface area contributed by atoms with Crippen LogP contribution in [0, 0.1) is 5.82 Å². The summed E-state index contributed by atoms with van der Waals surface area (Å²) >= 11 is 0. The van der Waals surface area contributed by atoms with Gasteiger partial charge in [0.25, 0.3) is 0 Å². The largest absolute Gasteiger partial charge is 0.384 e. The first-order valence-electron chi connectivity index (χ1n) is 5.88. The summed E-state index contributed by atoms with van der Waals surface area (Å²) in [6.45, 7) is 1.64.